The number of hydrogen-bond acceptors (Lipinski definition) is 3. The van der Waals surface area contributed by atoms with Gasteiger partial charge in [0.2, 0.25) is 11.8 Å². The molecule has 2 amide bonds. The van der Waals surface area contributed by atoms with Crippen LogP contribution >= 0.6 is 0 Å². The average Bonchev–Trinajstić information content (AvgIpc) is 2.56. The molecule has 0 bridgehead atoms. The number of rotatable bonds is 2. The van der Waals surface area contributed by atoms with Gasteiger partial charge in [-0.05, 0) is 24.1 Å². The van der Waals surface area contributed by atoms with Crippen LogP contribution in [0.25, 0.3) is 0 Å². The highest BCUT2D eigenvalue weighted by atomic mass is 16.2. The Morgan fingerprint density at radius 1 is 1.25 bits per heavy atom. The van der Waals surface area contributed by atoms with E-state index >= 15 is 0 Å². The Hall–Kier alpha value is -1.84. The summed E-state index contributed by atoms with van der Waals surface area (Å²) >= 11 is 0. The molecule has 1 aromatic carbocycles. The second-order valence-corrected chi connectivity index (χ2v) is 4.00. The SMILES string of the molecule is Cc1c(N)cccc1CN1C(=O)CCC1=O. The van der Waals surface area contributed by atoms with Crippen molar-refractivity contribution in [2.24, 2.45) is 0 Å². The third-order valence-electron chi connectivity index (χ3n) is 2.97. The molecule has 84 valence electrons. The molecule has 4 nitrogen and oxygen atoms in total. The van der Waals surface area contributed by atoms with Crippen molar-refractivity contribution in [2.75, 3.05) is 5.73 Å². The van der Waals surface area contributed by atoms with Crippen LogP contribution in [0.4, 0.5) is 5.69 Å². The van der Waals surface area contributed by atoms with Crippen molar-refractivity contribution in [2.45, 2.75) is 26.3 Å². The second-order valence-electron chi connectivity index (χ2n) is 4.00. The number of carbonyl (C=O) groups excluding carboxylic acids is 2. The number of likely N-dealkylation sites (tertiary alicyclic amines) is 1. The van der Waals surface area contributed by atoms with Crippen LogP contribution in [0.3, 0.4) is 0 Å². The van der Waals surface area contributed by atoms with Gasteiger partial charge < -0.3 is 5.73 Å². The summed E-state index contributed by atoms with van der Waals surface area (Å²) < 4.78 is 0. The van der Waals surface area contributed by atoms with Crippen LogP contribution in [-0.4, -0.2) is 16.7 Å². The zero-order valence-corrected chi connectivity index (χ0v) is 9.19. The fourth-order valence-electron chi connectivity index (χ4n) is 1.84. The van der Waals surface area contributed by atoms with Gasteiger partial charge in [-0.3, -0.25) is 14.5 Å². The van der Waals surface area contributed by atoms with Crippen molar-refractivity contribution >= 4 is 17.5 Å². The molecule has 0 aliphatic carbocycles. The number of benzene rings is 1. The van der Waals surface area contributed by atoms with Crippen LogP contribution in [0, 0.1) is 6.92 Å². The lowest BCUT2D eigenvalue weighted by atomic mass is 10.1. The zero-order valence-electron chi connectivity index (χ0n) is 9.19. The first-order valence-electron chi connectivity index (χ1n) is 5.27. The lowest BCUT2D eigenvalue weighted by Gasteiger charge is -2.16. The molecule has 0 saturated carbocycles. The van der Waals surface area contributed by atoms with Gasteiger partial charge in [0, 0.05) is 18.5 Å². The smallest absolute Gasteiger partial charge is 0.229 e. The minimum atomic E-state index is -0.0909. The summed E-state index contributed by atoms with van der Waals surface area (Å²) in [7, 11) is 0. The van der Waals surface area contributed by atoms with Gasteiger partial charge >= 0.3 is 0 Å². The van der Waals surface area contributed by atoms with E-state index in [4.69, 9.17) is 5.73 Å². The highest BCUT2D eigenvalue weighted by molar-refractivity contribution is 6.01. The molecule has 4 heteroatoms. The van der Waals surface area contributed by atoms with E-state index < -0.39 is 0 Å². The Bertz CT molecular complexity index is 438. The van der Waals surface area contributed by atoms with Gasteiger partial charge in [0.05, 0.1) is 6.54 Å². The largest absolute Gasteiger partial charge is 0.399 e. The molecule has 16 heavy (non-hydrogen) atoms. The molecule has 2 rings (SSSR count). The summed E-state index contributed by atoms with van der Waals surface area (Å²) in [6, 6.07) is 5.54. The third kappa shape index (κ3) is 1.78. The quantitative estimate of drug-likeness (QED) is 0.599. The first-order valence-corrected chi connectivity index (χ1v) is 5.27. The van der Waals surface area contributed by atoms with E-state index in [-0.39, 0.29) is 11.8 Å². The van der Waals surface area contributed by atoms with Crippen LogP contribution in [0.15, 0.2) is 18.2 Å². The van der Waals surface area contributed by atoms with E-state index in [1.807, 2.05) is 25.1 Å². The summed E-state index contributed by atoms with van der Waals surface area (Å²) in [6.07, 6.45) is 0.667. The molecule has 1 heterocycles. The highest BCUT2D eigenvalue weighted by Crippen LogP contribution is 2.20. The predicted octanol–water partition coefficient (Wildman–Crippen LogP) is 1.23. The Morgan fingerprint density at radius 3 is 2.50 bits per heavy atom. The van der Waals surface area contributed by atoms with Gasteiger partial charge in [0.15, 0.2) is 0 Å². The molecule has 0 radical (unpaired) electrons. The average molecular weight is 218 g/mol. The summed E-state index contributed by atoms with van der Waals surface area (Å²) in [5.41, 5.74) is 8.34. The van der Waals surface area contributed by atoms with Crippen LogP contribution in [-0.2, 0) is 16.1 Å². The van der Waals surface area contributed by atoms with E-state index in [2.05, 4.69) is 0 Å². The lowest BCUT2D eigenvalue weighted by molar-refractivity contribution is -0.139. The van der Waals surface area contributed by atoms with Crippen LogP contribution in [0.1, 0.15) is 24.0 Å². The minimum Gasteiger partial charge on any atom is -0.399 e. The van der Waals surface area contributed by atoms with Crippen molar-refractivity contribution in [1.29, 1.82) is 0 Å². The number of nitrogens with two attached hydrogens (primary N) is 1. The first kappa shape index (κ1) is 10.7. The number of anilines is 1. The van der Waals surface area contributed by atoms with E-state index in [0.717, 1.165) is 11.1 Å². The van der Waals surface area contributed by atoms with E-state index in [9.17, 15) is 9.59 Å². The Balaban J connectivity index is 2.24. The number of imide groups is 1. The Labute approximate surface area is 94.0 Å². The van der Waals surface area contributed by atoms with Crippen LogP contribution in [0.5, 0.6) is 0 Å². The molecular formula is C12H14N2O2. The van der Waals surface area contributed by atoms with Crippen molar-refractivity contribution in [3.63, 3.8) is 0 Å². The molecule has 0 spiro atoms. The Kier molecular flexibility index (Phi) is 2.64. The molecular weight excluding hydrogens is 204 g/mol. The monoisotopic (exact) mass is 218 g/mol. The molecule has 0 aromatic heterocycles. The molecule has 0 unspecified atom stereocenters. The number of nitrogen functional groups attached to an aromatic ring is 1. The van der Waals surface area contributed by atoms with E-state index in [1.165, 1.54) is 4.90 Å². The summed E-state index contributed by atoms with van der Waals surface area (Å²) in [5.74, 6) is -0.182. The Morgan fingerprint density at radius 2 is 1.88 bits per heavy atom. The van der Waals surface area contributed by atoms with Crippen LogP contribution < -0.4 is 5.73 Å². The summed E-state index contributed by atoms with van der Waals surface area (Å²) in [4.78, 5) is 24.2. The first-order chi connectivity index (χ1) is 7.59. The summed E-state index contributed by atoms with van der Waals surface area (Å²) in [6.45, 7) is 2.24. The van der Waals surface area contributed by atoms with Crippen molar-refractivity contribution < 1.29 is 9.59 Å². The van der Waals surface area contributed by atoms with Crippen molar-refractivity contribution in [1.82, 2.24) is 4.90 Å². The second kappa shape index (κ2) is 3.96. The minimum absolute atomic E-state index is 0.0909. The molecule has 1 aromatic rings. The number of nitrogens with zero attached hydrogens (tertiary/aromatic N) is 1. The molecule has 1 aliphatic heterocycles. The molecule has 1 aliphatic rings. The third-order valence-corrected chi connectivity index (χ3v) is 2.97. The molecule has 1 saturated heterocycles. The fourth-order valence-corrected chi connectivity index (χ4v) is 1.84. The number of amides is 2. The maximum atomic E-state index is 11.5. The molecule has 1 fully saturated rings. The number of carbonyl (C=O) groups is 2. The highest BCUT2D eigenvalue weighted by Gasteiger charge is 2.28. The normalized spacial score (nSPS) is 15.9. The summed E-state index contributed by atoms with van der Waals surface area (Å²) in [5, 5.41) is 0. The van der Waals surface area contributed by atoms with E-state index in [0.29, 0.717) is 25.1 Å². The standard InChI is InChI=1S/C12H14N2O2/c1-8-9(3-2-4-10(8)13)7-14-11(15)5-6-12(14)16/h2-4H,5-7,13H2,1H3. The van der Waals surface area contributed by atoms with Gasteiger partial charge in [-0.25, -0.2) is 0 Å². The maximum Gasteiger partial charge on any atom is 0.229 e. The topological polar surface area (TPSA) is 63.4 Å². The number of hydrogen-bond donors (Lipinski definition) is 1. The van der Waals surface area contributed by atoms with Crippen molar-refractivity contribution in [3.05, 3.63) is 29.3 Å². The van der Waals surface area contributed by atoms with Crippen molar-refractivity contribution in [3.8, 4) is 0 Å². The maximum absolute atomic E-state index is 11.5. The van der Waals surface area contributed by atoms with Crippen LogP contribution in [0.2, 0.25) is 0 Å². The fraction of sp³-hybridized carbons (Fsp3) is 0.333. The lowest BCUT2D eigenvalue weighted by Crippen LogP contribution is -2.28. The molecule has 0 atom stereocenters. The van der Waals surface area contributed by atoms with Gasteiger partial charge in [-0.15, -0.1) is 0 Å². The predicted molar refractivity (Wildman–Crippen MR) is 60.4 cm³/mol. The van der Waals surface area contributed by atoms with Gasteiger partial charge in [-0.2, -0.15) is 0 Å². The zero-order chi connectivity index (χ0) is 11.7. The van der Waals surface area contributed by atoms with Gasteiger partial charge in [-0.1, -0.05) is 12.1 Å². The van der Waals surface area contributed by atoms with E-state index in [1.54, 1.807) is 0 Å². The molecule has 2 N–H and O–H groups in total. The van der Waals surface area contributed by atoms with Gasteiger partial charge in [0.1, 0.15) is 0 Å². The van der Waals surface area contributed by atoms with Gasteiger partial charge in [0.25, 0.3) is 0 Å².